The van der Waals surface area contributed by atoms with Crippen molar-refractivity contribution in [2.24, 2.45) is 0 Å². The second-order valence-corrected chi connectivity index (χ2v) is 9.40. The van der Waals surface area contributed by atoms with Gasteiger partial charge >= 0.3 is 0 Å². The first-order valence-electron chi connectivity index (χ1n) is 7.06. The van der Waals surface area contributed by atoms with Crippen molar-refractivity contribution in [2.45, 2.75) is 32.2 Å². The number of amides is 1. The molecule has 22 heavy (non-hydrogen) atoms. The number of nitrogens with one attached hydrogen (secondary N) is 1. The molecule has 0 unspecified atom stereocenters. The van der Waals surface area contributed by atoms with Crippen molar-refractivity contribution in [3.63, 3.8) is 0 Å². The van der Waals surface area contributed by atoms with Gasteiger partial charge in [0, 0.05) is 19.1 Å². The quantitative estimate of drug-likeness (QED) is 0.848. The first-order chi connectivity index (χ1) is 10.3. The normalized spacial score (nSPS) is 17.0. The van der Waals surface area contributed by atoms with Crippen LogP contribution in [0.1, 0.15) is 36.5 Å². The Hall–Kier alpha value is -0.340. The molecular weight excluding hydrogens is 367 g/mol. The lowest BCUT2D eigenvalue weighted by Gasteiger charge is -2.32. The van der Waals surface area contributed by atoms with Crippen molar-refractivity contribution >= 4 is 50.5 Å². The van der Waals surface area contributed by atoms with Crippen LogP contribution >= 0.6 is 34.5 Å². The number of halogens is 2. The molecule has 0 aromatic carbocycles. The van der Waals surface area contributed by atoms with Crippen molar-refractivity contribution in [3.8, 4) is 0 Å². The molecule has 0 saturated carbocycles. The fourth-order valence-electron chi connectivity index (χ4n) is 2.44. The molecule has 0 bridgehead atoms. The number of sulfonamides is 1. The summed E-state index contributed by atoms with van der Waals surface area (Å²) in [5, 5.41) is 0. The second kappa shape index (κ2) is 7.49. The summed E-state index contributed by atoms with van der Waals surface area (Å²) in [5.74, 6) is -0.0159. The Labute approximate surface area is 144 Å². The van der Waals surface area contributed by atoms with Gasteiger partial charge < -0.3 is 4.90 Å². The van der Waals surface area contributed by atoms with Crippen molar-refractivity contribution in [1.29, 1.82) is 0 Å². The predicted octanol–water partition coefficient (Wildman–Crippen LogP) is 2.99. The topological polar surface area (TPSA) is 66.5 Å². The van der Waals surface area contributed by atoms with E-state index in [-0.39, 0.29) is 17.7 Å². The third kappa shape index (κ3) is 4.58. The Morgan fingerprint density at radius 1 is 1.41 bits per heavy atom. The average molecular weight is 385 g/mol. The molecule has 1 saturated heterocycles. The van der Waals surface area contributed by atoms with E-state index in [2.05, 4.69) is 4.72 Å². The number of likely N-dealkylation sites (tertiary alicyclic amines) is 1. The number of nitrogens with zero attached hydrogens (tertiary/aromatic N) is 1. The summed E-state index contributed by atoms with van der Waals surface area (Å²) < 4.78 is 27.1. The molecule has 5 nitrogen and oxygen atoms in total. The Kier molecular flexibility index (Phi) is 6.13. The summed E-state index contributed by atoms with van der Waals surface area (Å²) in [6, 6.07) is 1.47. The van der Waals surface area contributed by atoms with E-state index in [0.29, 0.717) is 46.6 Å². The van der Waals surface area contributed by atoms with Gasteiger partial charge in [0.25, 0.3) is 5.91 Å². The van der Waals surface area contributed by atoms with Crippen LogP contribution in [0.2, 0.25) is 8.67 Å². The minimum Gasteiger partial charge on any atom is -0.338 e. The van der Waals surface area contributed by atoms with E-state index >= 15 is 0 Å². The number of piperidine rings is 1. The molecule has 1 amide bonds. The highest BCUT2D eigenvalue weighted by molar-refractivity contribution is 7.89. The van der Waals surface area contributed by atoms with Crippen LogP contribution in [0.4, 0.5) is 0 Å². The van der Waals surface area contributed by atoms with Crippen LogP contribution in [0.15, 0.2) is 6.07 Å². The number of rotatable bonds is 5. The second-order valence-electron chi connectivity index (χ2n) is 5.24. The van der Waals surface area contributed by atoms with Crippen LogP contribution in [-0.4, -0.2) is 44.1 Å². The van der Waals surface area contributed by atoms with Gasteiger partial charge in [-0.15, -0.1) is 11.3 Å². The van der Waals surface area contributed by atoms with Crippen LogP contribution in [0.3, 0.4) is 0 Å². The van der Waals surface area contributed by atoms with E-state index < -0.39 is 10.0 Å². The number of carbonyl (C=O) groups excluding carboxylic acids is 1. The van der Waals surface area contributed by atoms with Gasteiger partial charge in [-0.05, 0) is 25.3 Å². The fourth-order valence-corrected chi connectivity index (χ4v) is 5.29. The Bertz CT molecular complexity index is 638. The van der Waals surface area contributed by atoms with E-state index in [0.717, 1.165) is 0 Å². The molecule has 2 heterocycles. The van der Waals surface area contributed by atoms with Crippen molar-refractivity contribution in [3.05, 3.63) is 20.3 Å². The summed E-state index contributed by atoms with van der Waals surface area (Å²) in [4.78, 5) is 14.1. The molecule has 1 aliphatic heterocycles. The molecule has 1 aliphatic rings. The zero-order valence-corrected chi connectivity index (χ0v) is 15.3. The monoisotopic (exact) mass is 384 g/mol. The van der Waals surface area contributed by atoms with Crippen molar-refractivity contribution < 1.29 is 13.2 Å². The predicted molar refractivity (Wildman–Crippen MR) is 90.5 cm³/mol. The van der Waals surface area contributed by atoms with Gasteiger partial charge in [-0.25, -0.2) is 13.1 Å². The fraction of sp³-hybridized carbons (Fsp3) is 0.615. The molecule has 0 atom stereocenters. The van der Waals surface area contributed by atoms with Gasteiger partial charge in [0.2, 0.25) is 10.0 Å². The number of hydrogen-bond acceptors (Lipinski definition) is 4. The smallest absolute Gasteiger partial charge is 0.256 e. The van der Waals surface area contributed by atoms with Crippen LogP contribution in [0, 0.1) is 0 Å². The molecule has 1 aromatic rings. The molecule has 1 aromatic heterocycles. The highest BCUT2D eigenvalue weighted by atomic mass is 35.5. The molecule has 2 rings (SSSR count). The van der Waals surface area contributed by atoms with Crippen molar-refractivity contribution in [1.82, 2.24) is 9.62 Å². The molecule has 0 spiro atoms. The molecule has 0 radical (unpaired) electrons. The van der Waals surface area contributed by atoms with Gasteiger partial charge in [0.15, 0.2) is 0 Å². The summed E-state index contributed by atoms with van der Waals surface area (Å²) in [5.41, 5.74) is 0.418. The third-order valence-electron chi connectivity index (χ3n) is 3.49. The maximum atomic E-state index is 12.4. The van der Waals surface area contributed by atoms with E-state index in [1.54, 1.807) is 11.0 Å². The first-order valence-corrected chi connectivity index (χ1v) is 10.3. The van der Waals surface area contributed by atoms with Crippen LogP contribution in [0.5, 0.6) is 0 Å². The van der Waals surface area contributed by atoms with Gasteiger partial charge in [-0.2, -0.15) is 0 Å². The van der Waals surface area contributed by atoms with Gasteiger partial charge in [0.1, 0.15) is 4.34 Å². The average Bonchev–Trinajstić information content (AvgIpc) is 2.77. The van der Waals surface area contributed by atoms with Crippen LogP contribution < -0.4 is 4.72 Å². The maximum Gasteiger partial charge on any atom is 0.256 e. The summed E-state index contributed by atoms with van der Waals surface area (Å²) >= 11 is 13.0. The third-order valence-corrected chi connectivity index (χ3v) is 6.61. The van der Waals surface area contributed by atoms with E-state index in [1.165, 1.54) is 11.3 Å². The standard InChI is InChI=1S/C13H18Cl2N2O3S2/c1-2-7-22(19,20)16-9-3-5-17(6-4-9)13(18)10-8-11(14)21-12(10)15/h8-9,16H,2-7H2,1H3. The highest BCUT2D eigenvalue weighted by Gasteiger charge is 2.27. The first kappa shape index (κ1) is 18.0. The lowest BCUT2D eigenvalue weighted by molar-refractivity contribution is 0.0712. The summed E-state index contributed by atoms with van der Waals surface area (Å²) in [6.45, 7) is 2.83. The number of carbonyl (C=O) groups is 1. The zero-order chi connectivity index (χ0) is 16.3. The molecule has 1 N–H and O–H groups in total. The zero-order valence-electron chi connectivity index (χ0n) is 12.1. The summed E-state index contributed by atoms with van der Waals surface area (Å²) in [6.07, 6.45) is 1.79. The molecule has 0 aliphatic carbocycles. The Balaban J connectivity index is 1.92. The summed E-state index contributed by atoms with van der Waals surface area (Å²) in [7, 11) is -3.21. The Morgan fingerprint density at radius 2 is 2.05 bits per heavy atom. The van der Waals surface area contributed by atoms with Crippen LogP contribution in [-0.2, 0) is 10.0 Å². The SMILES string of the molecule is CCCS(=O)(=O)NC1CCN(C(=O)c2cc(Cl)sc2Cl)CC1. The lowest BCUT2D eigenvalue weighted by atomic mass is 10.1. The van der Waals surface area contributed by atoms with Crippen molar-refractivity contribution in [2.75, 3.05) is 18.8 Å². The minimum absolute atomic E-state index is 0.109. The largest absolute Gasteiger partial charge is 0.338 e. The molecule has 9 heteroatoms. The molecule has 1 fully saturated rings. The molecule has 124 valence electrons. The number of hydrogen-bond donors (Lipinski definition) is 1. The van der Waals surface area contributed by atoms with Crippen LogP contribution in [0.25, 0.3) is 0 Å². The van der Waals surface area contributed by atoms with E-state index in [4.69, 9.17) is 23.2 Å². The Morgan fingerprint density at radius 3 is 2.55 bits per heavy atom. The lowest BCUT2D eigenvalue weighted by Crippen LogP contribution is -2.46. The van der Waals surface area contributed by atoms with E-state index in [1.807, 2.05) is 6.92 Å². The highest BCUT2D eigenvalue weighted by Crippen LogP contribution is 2.32. The van der Waals surface area contributed by atoms with Gasteiger partial charge in [0.05, 0.1) is 15.7 Å². The van der Waals surface area contributed by atoms with Gasteiger partial charge in [-0.3, -0.25) is 4.79 Å². The number of thiophene rings is 1. The van der Waals surface area contributed by atoms with E-state index in [9.17, 15) is 13.2 Å². The minimum atomic E-state index is -3.21. The maximum absolute atomic E-state index is 12.4. The van der Waals surface area contributed by atoms with Gasteiger partial charge in [-0.1, -0.05) is 30.1 Å². The molecular formula is C13H18Cl2N2O3S2.